The van der Waals surface area contributed by atoms with Crippen molar-refractivity contribution in [1.82, 2.24) is 0 Å². The van der Waals surface area contributed by atoms with E-state index in [2.05, 4.69) is 93.7 Å². The number of unbranched alkanes of at least 4 members (excludes halogenated alkanes) is 30. The molecular weight excluding hydrogens is 853 g/mol. The van der Waals surface area contributed by atoms with Crippen molar-refractivity contribution in [3.63, 3.8) is 0 Å². The molecule has 0 saturated heterocycles. The van der Waals surface area contributed by atoms with Crippen molar-refractivity contribution in [3.8, 4) is 0 Å². The Hall–Kier alpha value is -3.15. The van der Waals surface area contributed by atoms with Crippen LogP contribution in [0.4, 0.5) is 0 Å². The highest BCUT2D eigenvalue weighted by Gasteiger charge is 2.19. The lowest BCUT2D eigenvalue weighted by atomic mass is 10.0. The number of hydrogen-bond acceptors (Lipinski definition) is 6. The third-order valence-electron chi connectivity index (χ3n) is 12.7. The Morgan fingerprint density at radius 1 is 0.304 bits per heavy atom. The Labute approximate surface area is 427 Å². The van der Waals surface area contributed by atoms with Gasteiger partial charge in [0, 0.05) is 19.3 Å². The molecule has 0 N–H and O–H groups in total. The molecule has 0 fully saturated rings. The van der Waals surface area contributed by atoms with Crippen molar-refractivity contribution >= 4 is 17.9 Å². The van der Waals surface area contributed by atoms with Crippen molar-refractivity contribution in [3.05, 3.63) is 72.9 Å². The Balaban J connectivity index is 4.42. The predicted octanol–water partition coefficient (Wildman–Crippen LogP) is 19.8. The first-order chi connectivity index (χ1) is 34.0. The number of carbonyl (C=O) groups is 3. The molecule has 1 atom stereocenters. The van der Waals surface area contributed by atoms with Crippen LogP contribution in [0, 0.1) is 0 Å². The smallest absolute Gasteiger partial charge is 0.306 e. The Morgan fingerprint density at radius 3 is 0.942 bits per heavy atom. The van der Waals surface area contributed by atoms with Gasteiger partial charge in [-0.3, -0.25) is 14.4 Å². The minimum Gasteiger partial charge on any atom is -0.462 e. The van der Waals surface area contributed by atoms with E-state index in [9.17, 15) is 14.4 Å². The van der Waals surface area contributed by atoms with Crippen LogP contribution >= 0.6 is 0 Å². The molecule has 0 heterocycles. The van der Waals surface area contributed by atoms with E-state index in [1.807, 2.05) is 0 Å². The van der Waals surface area contributed by atoms with Crippen LogP contribution in [0.15, 0.2) is 72.9 Å². The molecule has 0 saturated carbocycles. The summed E-state index contributed by atoms with van der Waals surface area (Å²) in [5.74, 6) is -0.955. The third kappa shape index (κ3) is 55.6. The van der Waals surface area contributed by atoms with Gasteiger partial charge in [-0.15, -0.1) is 0 Å². The van der Waals surface area contributed by atoms with E-state index in [1.165, 1.54) is 161 Å². The minimum atomic E-state index is -0.807. The summed E-state index contributed by atoms with van der Waals surface area (Å²) < 4.78 is 16.8. The predicted molar refractivity (Wildman–Crippen MR) is 298 cm³/mol. The molecule has 0 radical (unpaired) electrons. The largest absolute Gasteiger partial charge is 0.462 e. The van der Waals surface area contributed by atoms with Gasteiger partial charge in [0.15, 0.2) is 6.10 Å². The first-order valence-corrected chi connectivity index (χ1v) is 29.4. The maximum absolute atomic E-state index is 12.8. The van der Waals surface area contributed by atoms with E-state index in [4.69, 9.17) is 14.2 Å². The van der Waals surface area contributed by atoms with E-state index >= 15 is 0 Å². The minimum absolute atomic E-state index is 0.0981. The van der Waals surface area contributed by atoms with Crippen LogP contribution in [-0.4, -0.2) is 37.2 Å². The standard InChI is InChI=1S/C63H110O6/c1-4-7-10-13-16-19-22-25-28-30-31-32-34-35-38-41-44-47-50-53-56-62(65)68-59-60(58-67-61(64)55-52-49-46-43-40-37-27-24-21-18-15-12-9-6-3)69-63(66)57-54-51-48-45-42-39-36-33-29-26-23-20-17-14-11-8-5-2/h8,11,17,20,24,26-27,29,36,39,45,48,60H,4-7,9-10,12-16,18-19,21-23,25,28,30-35,37-38,40-44,46-47,49-59H2,1-3H3/b11-8-,20-17-,27-24-,29-26-,39-36-,48-45-. The van der Waals surface area contributed by atoms with Crippen LogP contribution in [0.2, 0.25) is 0 Å². The summed E-state index contributed by atoms with van der Waals surface area (Å²) in [6.45, 7) is 6.49. The molecular formula is C63H110O6. The monoisotopic (exact) mass is 963 g/mol. The summed E-state index contributed by atoms with van der Waals surface area (Å²) in [4.78, 5) is 38.1. The lowest BCUT2D eigenvalue weighted by molar-refractivity contribution is -0.167. The second kappa shape index (κ2) is 57.4. The van der Waals surface area contributed by atoms with E-state index < -0.39 is 6.10 Å². The second-order valence-corrected chi connectivity index (χ2v) is 19.5. The number of allylic oxidation sites excluding steroid dienone is 12. The fourth-order valence-corrected chi connectivity index (χ4v) is 8.30. The molecule has 0 aromatic carbocycles. The fraction of sp³-hybridized carbons (Fsp3) is 0.762. The number of carbonyl (C=O) groups excluding carboxylic acids is 3. The molecule has 6 nitrogen and oxygen atoms in total. The van der Waals surface area contributed by atoms with E-state index in [0.717, 1.165) is 83.5 Å². The molecule has 0 aromatic heterocycles. The van der Waals surface area contributed by atoms with Gasteiger partial charge in [0.05, 0.1) is 0 Å². The molecule has 0 aromatic rings. The molecule has 6 heteroatoms. The van der Waals surface area contributed by atoms with Crippen molar-refractivity contribution in [2.75, 3.05) is 13.2 Å². The van der Waals surface area contributed by atoms with Gasteiger partial charge in [0.2, 0.25) is 0 Å². The zero-order valence-electron chi connectivity index (χ0n) is 45.6. The number of hydrogen-bond donors (Lipinski definition) is 0. The normalized spacial score (nSPS) is 12.6. The van der Waals surface area contributed by atoms with Crippen LogP contribution in [0.1, 0.15) is 290 Å². The average molecular weight is 964 g/mol. The Kier molecular flexibility index (Phi) is 54.8. The average Bonchev–Trinajstić information content (AvgIpc) is 3.35. The molecule has 0 aliphatic heterocycles. The highest BCUT2D eigenvalue weighted by atomic mass is 16.6. The molecule has 0 aliphatic carbocycles. The quantitative estimate of drug-likeness (QED) is 0.0262. The molecule has 0 aliphatic rings. The van der Waals surface area contributed by atoms with E-state index in [0.29, 0.717) is 19.3 Å². The zero-order valence-corrected chi connectivity index (χ0v) is 45.6. The van der Waals surface area contributed by atoms with Crippen molar-refractivity contribution < 1.29 is 28.6 Å². The molecule has 0 spiro atoms. The summed E-state index contributed by atoms with van der Waals surface area (Å²) in [5.41, 5.74) is 0. The van der Waals surface area contributed by atoms with Crippen LogP contribution in [0.25, 0.3) is 0 Å². The van der Waals surface area contributed by atoms with Crippen molar-refractivity contribution in [2.45, 2.75) is 297 Å². The summed E-state index contributed by atoms with van der Waals surface area (Å²) in [6.07, 6.45) is 73.3. The Morgan fingerprint density at radius 2 is 0.580 bits per heavy atom. The first-order valence-electron chi connectivity index (χ1n) is 29.4. The number of esters is 3. The van der Waals surface area contributed by atoms with Gasteiger partial charge < -0.3 is 14.2 Å². The molecule has 0 amide bonds. The third-order valence-corrected chi connectivity index (χ3v) is 12.7. The SMILES string of the molecule is CC/C=C\C/C=C\C/C=C\C/C=C\C/C=C\CCCC(=O)OC(COC(=O)CCCCCCC/C=C\CCCCCCC)COC(=O)CCCCCCCCCCCCCCCCCCCCCC. The maximum Gasteiger partial charge on any atom is 0.306 e. The van der Waals surface area contributed by atoms with Gasteiger partial charge in [-0.05, 0) is 83.5 Å². The summed E-state index contributed by atoms with van der Waals surface area (Å²) in [5, 5.41) is 0. The van der Waals surface area contributed by atoms with Gasteiger partial charge in [0.25, 0.3) is 0 Å². The van der Waals surface area contributed by atoms with Crippen LogP contribution in [0.3, 0.4) is 0 Å². The van der Waals surface area contributed by atoms with Crippen molar-refractivity contribution in [1.29, 1.82) is 0 Å². The summed E-state index contributed by atoms with van der Waals surface area (Å²) in [7, 11) is 0. The van der Waals surface area contributed by atoms with Crippen LogP contribution < -0.4 is 0 Å². The van der Waals surface area contributed by atoms with Crippen LogP contribution in [-0.2, 0) is 28.6 Å². The van der Waals surface area contributed by atoms with Gasteiger partial charge in [-0.1, -0.05) is 261 Å². The molecule has 0 bridgehead atoms. The summed E-state index contributed by atoms with van der Waals surface area (Å²) in [6, 6.07) is 0. The van der Waals surface area contributed by atoms with Gasteiger partial charge in [-0.25, -0.2) is 0 Å². The van der Waals surface area contributed by atoms with Gasteiger partial charge >= 0.3 is 17.9 Å². The summed E-state index contributed by atoms with van der Waals surface area (Å²) >= 11 is 0. The van der Waals surface area contributed by atoms with Gasteiger partial charge in [0.1, 0.15) is 13.2 Å². The lowest BCUT2D eigenvalue weighted by Gasteiger charge is -2.18. The molecule has 1 unspecified atom stereocenters. The molecule has 398 valence electrons. The zero-order chi connectivity index (χ0) is 50.0. The topological polar surface area (TPSA) is 78.9 Å². The fourth-order valence-electron chi connectivity index (χ4n) is 8.30. The van der Waals surface area contributed by atoms with Crippen molar-refractivity contribution in [2.24, 2.45) is 0 Å². The molecule has 0 rings (SSSR count). The number of ether oxygens (including phenoxy) is 3. The maximum atomic E-state index is 12.8. The lowest BCUT2D eigenvalue weighted by Crippen LogP contribution is -2.30. The highest BCUT2D eigenvalue weighted by molar-refractivity contribution is 5.71. The van der Waals surface area contributed by atoms with E-state index in [-0.39, 0.29) is 37.5 Å². The number of rotatable bonds is 53. The molecule has 69 heavy (non-hydrogen) atoms. The van der Waals surface area contributed by atoms with E-state index in [1.54, 1.807) is 0 Å². The second-order valence-electron chi connectivity index (χ2n) is 19.5. The van der Waals surface area contributed by atoms with Gasteiger partial charge in [-0.2, -0.15) is 0 Å². The highest BCUT2D eigenvalue weighted by Crippen LogP contribution is 2.16. The van der Waals surface area contributed by atoms with Crippen LogP contribution in [0.5, 0.6) is 0 Å². The first kappa shape index (κ1) is 65.8. The Bertz CT molecular complexity index is 1290.